The lowest BCUT2D eigenvalue weighted by molar-refractivity contribution is 0.414. The van der Waals surface area contributed by atoms with Gasteiger partial charge >= 0.3 is 0 Å². The SMILES string of the molecule is CCNC(=NCc1ccc(OC)cc1)NC1CC1c1ccccc1. The Morgan fingerprint density at radius 1 is 1.12 bits per heavy atom. The van der Waals surface area contributed by atoms with Crippen LogP contribution in [-0.4, -0.2) is 25.7 Å². The maximum Gasteiger partial charge on any atom is 0.191 e. The van der Waals surface area contributed by atoms with Crippen LogP contribution in [0.1, 0.15) is 30.4 Å². The fraction of sp³-hybridized carbons (Fsp3) is 0.350. The first kappa shape index (κ1) is 16.4. The quantitative estimate of drug-likeness (QED) is 0.633. The number of hydrogen-bond acceptors (Lipinski definition) is 2. The van der Waals surface area contributed by atoms with Crippen LogP contribution in [0.3, 0.4) is 0 Å². The summed E-state index contributed by atoms with van der Waals surface area (Å²) in [4.78, 5) is 4.70. The first-order chi connectivity index (χ1) is 11.8. The van der Waals surface area contributed by atoms with Crippen molar-refractivity contribution in [1.82, 2.24) is 10.6 Å². The fourth-order valence-corrected chi connectivity index (χ4v) is 2.82. The van der Waals surface area contributed by atoms with E-state index in [9.17, 15) is 0 Å². The van der Waals surface area contributed by atoms with Crippen LogP contribution in [-0.2, 0) is 6.54 Å². The molecule has 0 radical (unpaired) electrons. The lowest BCUT2D eigenvalue weighted by Gasteiger charge is -2.11. The molecule has 2 N–H and O–H groups in total. The molecule has 4 nitrogen and oxygen atoms in total. The molecule has 3 rings (SSSR count). The maximum absolute atomic E-state index is 5.19. The molecule has 2 unspecified atom stereocenters. The number of hydrogen-bond donors (Lipinski definition) is 2. The summed E-state index contributed by atoms with van der Waals surface area (Å²) >= 11 is 0. The van der Waals surface area contributed by atoms with Crippen LogP contribution in [0.5, 0.6) is 5.75 Å². The molecular weight excluding hydrogens is 298 g/mol. The van der Waals surface area contributed by atoms with Crippen molar-refractivity contribution in [2.24, 2.45) is 4.99 Å². The van der Waals surface area contributed by atoms with E-state index in [1.165, 1.54) is 11.1 Å². The molecular formula is C20H25N3O. The number of benzene rings is 2. The molecule has 0 saturated heterocycles. The Morgan fingerprint density at radius 3 is 2.54 bits per heavy atom. The van der Waals surface area contributed by atoms with Crippen molar-refractivity contribution in [2.75, 3.05) is 13.7 Å². The van der Waals surface area contributed by atoms with Gasteiger partial charge in [-0.25, -0.2) is 4.99 Å². The Labute approximate surface area is 144 Å². The molecule has 2 atom stereocenters. The third kappa shape index (κ3) is 4.28. The van der Waals surface area contributed by atoms with Crippen molar-refractivity contribution in [3.05, 3.63) is 65.7 Å². The fourth-order valence-electron chi connectivity index (χ4n) is 2.82. The molecule has 1 fully saturated rings. The van der Waals surface area contributed by atoms with Crippen LogP contribution in [0.25, 0.3) is 0 Å². The molecule has 2 aromatic carbocycles. The normalized spacial score (nSPS) is 19.7. The molecule has 1 aliphatic carbocycles. The average Bonchev–Trinajstić information content (AvgIpc) is 3.40. The first-order valence-corrected chi connectivity index (χ1v) is 8.53. The van der Waals surface area contributed by atoms with Gasteiger partial charge < -0.3 is 15.4 Å². The molecule has 0 aromatic heterocycles. The molecule has 2 aromatic rings. The average molecular weight is 323 g/mol. The molecule has 4 heteroatoms. The highest BCUT2D eigenvalue weighted by molar-refractivity contribution is 5.80. The van der Waals surface area contributed by atoms with Crippen LogP contribution in [0, 0.1) is 0 Å². The van der Waals surface area contributed by atoms with Crippen LogP contribution >= 0.6 is 0 Å². The second-order valence-electron chi connectivity index (χ2n) is 6.05. The van der Waals surface area contributed by atoms with E-state index in [1.54, 1.807) is 7.11 Å². The van der Waals surface area contributed by atoms with Gasteiger partial charge in [-0.05, 0) is 36.6 Å². The van der Waals surface area contributed by atoms with Crippen molar-refractivity contribution in [2.45, 2.75) is 31.8 Å². The first-order valence-electron chi connectivity index (χ1n) is 8.53. The van der Waals surface area contributed by atoms with Gasteiger partial charge in [0.1, 0.15) is 5.75 Å². The second kappa shape index (κ2) is 7.86. The Kier molecular flexibility index (Phi) is 5.36. The van der Waals surface area contributed by atoms with E-state index in [1.807, 2.05) is 12.1 Å². The minimum Gasteiger partial charge on any atom is -0.497 e. The summed E-state index contributed by atoms with van der Waals surface area (Å²) in [5.41, 5.74) is 2.57. The summed E-state index contributed by atoms with van der Waals surface area (Å²) in [6, 6.07) is 19.2. The van der Waals surface area contributed by atoms with Gasteiger partial charge in [0, 0.05) is 18.5 Å². The maximum atomic E-state index is 5.19. The number of guanidine groups is 1. The van der Waals surface area contributed by atoms with Crippen LogP contribution in [0.2, 0.25) is 0 Å². The van der Waals surface area contributed by atoms with E-state index in [-0.39, 0.29) is 0 Å². The second-order valence-corrected chi connectivity index (χ2v) is 6.05. The molecule has 0 spiro atoms. The van der Waals surface area contributed by atoms with Gasteiger partial charge in [0.2, 0.25) is 0 Å². The summed E-state index contributed by atoms with van der Waals surface area (Å²) < 4.78 is 5.19. The highest BCUT2D eigenvalue weighted by Gasteiger charge is 2.38. The molecule has 126 valence electrons. The Bertz CT molecular complexity index is 667. The number of methoxy groups -OCH3 is 1. The number of ether oxygens (including phenoxy) is 1. The number of nitrogens with zero attached hydrogens (tertiary/aromatic N) is 1. The predicted molar refractivity (Wildman–Crippen MR) is 98.5 cm³/mol. The van der Waals surface area contributed by atoms with Gasteiger partial charge in [-0.1, -0.05) is 42.5 Å². The van der Waals surface area contributed by atoms with E-state index in [2.05, 4.69) is 60.0 Å². The van der Waals surface area contributed by atoms with Gasteiger partial charge in [0.25, 0.3) is 0 Å². The van der Waals surface area contributed by atoms with E-state index in [0.29, 0.717) is 18.5 Å². The summed E-state index contributed by atoms with van der Waals surface area (Å²) in [6.07, 6.45) is 1.16. The third-order valence-corrected chi connectivity index (χ3v) is 4.26. The Morgan fingerprint density at radius 2 is 1.88 bits per heavy atom. The van der Waals surface area contributed by atoms with Crippen molar-refractivity contribution >= 4 is 5.96 Å². The number of rotatable bonds is 6. The third-order valence-electron chi connectivity index (χ3n) is 4.26. The van der Waals surface area contributed by atoms with E-state index in [0.717, 1.165) is 24.7 Å². The summed E-state index contributed by atoms with van der Waals surface area (Å²) in [7, 11) is 1.68. The molecule has 0 aliphatic heterocycles. The summed E-state index contributed by atoms with van der Waals surface area (Å²) in [5.74, 6) is 2.35. The van der Waals surface area contributed by atoms with Crippen LogP contribution < -0.4 is 15.4 Å². The standard InChI is InChI=1S/C20H25N3O/c1-3-21-20(22-14-15-9-11-17(24-2)12-10-15)23-19-13-18(19)16-7-5-4-6-8-16/h4-12,18-19H,3,13-14H2,1-2H3,(H2,21,22,23). The topological polar surface area (TPSA) is 45.7 Å². The highest BCUT2D eigenvalue weighted by Crippen LogP contribution is 2.40. The van der Waals surface area contributed by atoms with Crippen molar-refractivity contribution in [1.29, 1.82) is 0 Å². The van der Waals surface area contributed by atoms with Gasteiger partial charge in [-0.15, -0.1) is 0 Å². The van der Waals surface area contributed by atoms with Crippen LogP contribution in [0.15, 0.2) is 59.6 Å². The highest BCUT2D eigenvalue weighted by atomic mass is 16.5. The lowest BCUT2D eigenvalue weighted by atomic mass is 10.1. The zero-order valence-corrected chi connectivity index (χ0v) is 14.3. The smallest absolute Gasteiger partial charge is 0.191 e. The summed E-state index contributed by atoms with van der Waals surface area (Å²) in [5, 5.41) is 6.88. The lowest BCUT2D eigenvalue weighted by Crippen LogP contribution is -2.39. The molecule has 1 aliphatic rings. The minimum absolute atomic E-state index is 0.473. The largest absolute Gasteiger partial charge is 0.497 e. The van der Waals surface area contributed by atoms with Crippen molar-refractivity contribution < 1.29 is 4.74 Å². The van der Waals surface area contributed by atoms with Gasteiger partial charge in [0.15, 0.2) is 5.96 Å². The minimum atomic E-state index is 0.473. The molecule has 0 bridgehead atoms. The van der Waals surface area contributed by atoms with Gasteiger partial charge in [-0.3, -0.25) is 0 Å². The van der Waals surface area contributed by atoms with E-state index < -0.39 is 0 Å². The molecule has 0 amide bonds. The summed E-state index contributed by atoms with van der Waals surface area (Å²) in [6.45, 7) is 3.60. The van der Waals surface area contributed by atoms with Gasteiger partial charge in [0.05, 0.1) is 13.7 Å². The molecule has 0 heterocycles. The number of aliphatic imine (C=N–C) groups is 1. The van der Waals surface area contributed by atoms with E-state index in [4.69, 9.17) is 9.73 Å². The van der Waals surface area contributed by atoms with Crippen LogP contribution in [0.4, 0.5) is 0 Å². The molecule has 24 heavy (non-hydrogen) atoms. The Hall–Kier alpha value is -2.49. The number of nitrogens with one attached hydrogen (secondary N) is 2. The Balaban J connectivity index is 1.58. The predicted octanol–water partition coefficient (Wildman–Crippen LogP) is 3.31. The van der Waals surface area contributed by atoms with Gasteiger partial charge in [-0.2, -0.15) is 0 Å². The van der Waals surface area contributed by atoms with Crippen molar-refractivity contribution in [3.8, 4) is 5.75 Å². The monoisotopic (exact) mass is 323 g/mol. The zero-order chi connectivity index (χ0) is 16.8. The van der Waals surface area contributed by atoms with Crippen molar-refractivity contribution in [3.63, 3.8) is 0 Å². The zero-order valence-electron chi connectivity index (χ0n) is 14.3. The van der Waals surface area contributed by atoms with E-state index >= 15 is 0 Å². The molecule has 1 saturated carbocycles.